The van der Waals surface area contributed by atoms with Gasteiger partial charge < -0.3 is 9.32 Å². The van der Waals surface area contributed by atoms with Crippen molar-refractivity contribution in [3.63, 3.8) is 0 Å². The highest BCUT2D eigenvalue weighted by atomic mass is 16.4. The molecule has 25 heavy (non-hydrogen) atoms. The Morgan fingerprint density at radius 3 is 2.92 bits per heavy atom. The van der Waals surface area contributed by atoms with E-state index in [2.05, 4.69) is 11.2 Å². The number of hydrogen-bond acceptors (Lipinski definition) is 4. The SMILES string of the molecule is O=C(Cn1c(=O)oc2ccccc21)N1CCn2nc(C3CC3)cc2C1. The van der Waals surface area contributed by atoms with E-state index in [1.54, 1.807) is 23.1 Å². The highest BCUT2D eigenvalue weighted by molar-refractivity contribution is 5.79. The Balaban J connectivity index is 1.37. The van der Waals surface area contributed by atoms with Gasteiger partial charge in [-0.3, -0.25) is 14.0 Å². The summed E-state index contributed by atoms with van der Waals surface area (Å²) < 4.78 is 8.62. The Kier molecular flexibility index (Phi) is 3.10. The molecule has 128 valence electrons. The van der Waals surface area contributed by atoms with E-state index in [1.807, 2.05) is 10.7 Å². The number of benzene rings is 1. The average molecular weight is 338 g/mol. The molecule has 2 aliphatic rings. The van der Waals surface area contributed by atoms with E-state index < -0.39 is 5.76 Å². The first-order valence-corrected chi connectivity index (χ1v) is 8.62. The van der Waals surface area contributed by atoms with Gasteiger partial charge in [0.2, 0.25) is 5.91 Å². The molecule has 2 aromatic heterocycles. The number of fused-ring (bicyclic) bond motifs is 2. The molecule has 0 N–H and O–H groups in total. The molecule has 3 aromatic rings. The smallest absolute Gasteiger partial charge is 0.408 e. The van der Waals surface area contributed by atoms with Gasteiger partial charge in [0.05, 0.1) is 30.0 Å². The van der Waals surface area contributed by atoms with E-state index in [1.165, 1.54) is 17.4 Å². The maximum absolute atomic E-state index is 12.7. The third-order valence-electron chi connectivity index (χ3n) is 5.03. The van der Waals surface area contributed by atoms with Crippen LogP contribution in [0.15, 0.2) is 39.5 Å². The van der Waals surface area contributed by atoms with E-state index in [9.17, 15) is 9.59 Å². The molecule has 7 nitrogen and oxygen atoms in total. The third-order valence-corrected chi connectivity index (χ3v) is 5.03. The zero-order chi connectivity index (χ0) is 17.0. The maximum Gasteiger partial charge on any atom is 0.420 e. The van der Waals surface area contributed by atoms with E-state index >= 15 is 0 Å². The first kappa shape index (κ1) is 14.5. The molecule has 1 amide bonds. The van der Waals surface area contributed by atoms with Gasteiger partial charge in [0.25, 0.3) is 0 Å². The van der Waals surface area contributed by atoms with E-state index in [-0.39, 0.29) is 12.5 Å². The number of oxazole rings is 1. The predicted octanol–water partition coefficient (Wildman–Crippen LogP) is 1.71. The summed E-state index contributed by atoms with van der Waals surface area (Å²) in [6.45, 7) is 1.86. The van der Waals surface area contributed by atoms with Crippen molar-refractivity contribution in [2.45, 2.75) is 38.4 Å². The number of para-hydroxylation sites is 2. The van der Waals surface area contributed by atoms with Crippen LogP contribution in [0, 0.1) is 0 Å². The molecule has 1 saturated carbocycles. The van der Waals surface area contributed by atoms with Crippen LogP contribution in [0.5, 0.6) is 0 Å². The van der Waals surface area contributed by atoms with Gasteiger partial charge in [-0.1, -0.05) is 12.1 Å². The molecule has 1 aliphatic heterocycles. The highest BCUT2D eigenvalue weighted by Gasteiger charge is 2.29. The fraction of sp³-hybridized carbons (Fsp3) is 0.389. The summed E-state index contributed by atoms with van der Waals surface area (Å²) in [5.74, 6) is 0.0415. The minimum Gasteiger partial charge on any atom is -0.408 e. The molecule has 1 aliphatic carbocycles. The van der Waals surface area contributed by atoms with Crippen LogP contribution >= 0.6 is 0 Å². The van der Waals surface area contributed by atoms with Crippen molar-refractivity contribution in [1.82, 2.24) is 19.2 Å². The minimum absolute atomic E-state index is 0.000530. The lowest BCUT2D eigenvalue weighted by molar-refractivity contribution is -0.133. The lowest BCUT2D eigenvalue weighted by atomic mass is 10.2. The van der Waals surface area contributed by atoms with Crippen molar-refractivity contribution in [2.24, 2.45) is 0 Å². The first-order chi connectivity index (χ1) is 12.2. The average Bonchev–Trinajstić information content (AvgIpc) is 3.31. The Morgan fingerprint density at radius 1 is 1.24 bits per heavy atom. The van der Waals surface area contributed by atoms with Crippen LogP contribution in [0.2, 0.25) is 0 Å². The summed E-state index contributed by atoms with van der Waals surface area (Å²) in [6.07, 6.45) is 2.44. The molecule has 3 heterocycles. The third kappa shape index (κ3) is 2.47. The van der Waals surface area contributed by atoms with E-state index in [0.29, 0.717) is 36.7 Å². The predicted molar refractivity (Wildman–Crippen MR) is 90.1 cm³/mol. The Labute approximate surface area is 143 Å². The Morgan fingerprint density at radius 2 is 2.08 bits per heavy atom. The fourth-order valence-corrected chi connectivity index (χ4v) is 3.48. The molecule has 0 unspecified atom stereocenters. The van der Waals surface area contributed by atoms with Gasteiger partial charge in [0, 0.05) is 12.5 Å². The molecule has 0 spiro atoms. The number of nitrogens with zero attached hydrogens (tertiary/aromatic N) is 4. The molecular weight excluding hydrogens is 320 g/mol. The topological polar surface area (TPSA) is 73.3 Å². The van der Waals surface area contributed by atoms with Gasteiger partial charge in [0.15, 0.2) is 5.58 Å². The zero-order valence-corrected chi connectivity index (χ0v) is 13.7. The van der Waals surface area contributed by atoms with Crippen LogP contribution in [0.25, 0.3) is 11.1 Å². The largest absolute Gasteiger partial charge is 0.420 e. The highest BCUT2D eigenvalue weighted by Crippen LogP contribution is 2.39. The summed E-state index contributed by atoms with van der Waals surface area (Å²) in [5.41, 5.74) is 3.39. The van der Waals surface area contributed by atoms with Gasteiger partial charge in [-0.2, -0.15) is 5.10 Å². The van der Waals surface area contributed by atoms with Gasteiger partial charge >= 0.3 is 5.76 Å². The lowest BCUT2D eigenvalue weighted by Gasteiger charge is -2.27. The second-order valence-electron chi connectivity index (χ2n) is 6.80. The minimum atomic E-state index is -0.493. The molecule has 0 radical (unpaired) electrons. The zero-order valence-electron chi connectivity index (χ0n) is 13.7. The van der Waals surface area contributed by atoms with Gasteiger partial charge in [-0.05, 0) is 31.0 Å². The standard InChI is InChI=1S/C18H18N4O3/c23-17(11-21-15-3-1-2-4-16(15)25-18(21)24)20-7-8-22-13(10-20)9-14(19-22)12-5-6-12/h1-4,9,12H,5-8,10-11H2. The van der Waals surface area contributed by atoms with Crippen LogP contribution in [0.4, 0.5) is 0 Å². The monoisotopic (exact) mass is 338 g/mol. The second kappa shape index (κ2) is 5.34. The van der Waals surface area contributed by atoms with E-state index in [4.69, 9.17) is 4.42 Å². The molecule has 1 fully saturated rings. The van der Waals surface area contributed by atoms with Crippen molar-refractivity contribution in [2.75, 3.05) is 6.54 Å². The number of amides is 1. The molecule has 0 atom stereocenters. The Hall–Kier alpha value is -2.83. The maximum atomic E-state index is 12.7. The van der Waals surface area contributed by atoms with Crippen molar-refractivity contribution >= 4 is 17.0 Å². The summed E-state index contributed by atoms with van der Waals surface area (Å²) in [5, 5.41) is 4.65. The van der Waals surface area contributed by atoms with Crippen molar-refractivity contribution in [1.29, 1.82) is 0 Å². The van der Waals surface area contributed by atoms with Crippen molar-refractivity contribution in [3.05, 3.63) is 52.3 Å². The number of hydrogen-bond donors (Lipinski definition) is 0. The number of rotatable bonds is 3. The number of aromatic nitrogens is 3. The van der Waals surface area contributed by atoms with Crippen LogP contribution in [0.1, 0.15) is 30.1 Å². The van der Waals surface area contributed by atoms with Crippen molar-refractivity contribution < 1.29 is 9.21 Å². The van der Waals surface area contributed by atoms with Crippen LogP contribution in [-0.4, -0.2) is 31.7 Å². The quantitative estimate of drug-likeness (QED) is 0.729. The van der Waals surface area contributed by atoms with Gasteiger partial charge in [-0.25, -0.2) is 4.79 Å². The molecule has 1 aromatic carbocycles. The molecule has 0 bridgehead atoms. The van der Waals surface area contributed by atoms with Crippen LogP contribution in [-0.2, 0) is 24.4 Å². The van der Waals surface area contributed by atoms with Crippen molar-refractivity contribution in [3.8, 4) is 0 Å². The normalized spacial score (nSPS) is 17.0. The van der Waals surface area contributed by atoms with Crippen LogP contribution < -0.4 is 5.76 Å². The number of carbonyl (C=O) groups is 1. The van der Waals surface area contributed by atoms with Gasteiger partial charge in [0.1, 0.15) is 6.54 Å². The molecule has 0 saturated heterocycles. The summed E-state index contributed by atoms with van der Waals surface area (Å²) in [7, 11) is 0. The number of carbonyl (C=O) groups excluding carboxylic acids is 1. The summed E-state index contributed by atoms with van der Waals surface area (Å²) >= 11 is 0. The first-order valence-electron chi connectivity index (χ1n) is 8.62. The molecule has 5 rings (SSSR count). The van der Waals surface area contributed by atoms with E-state index in [0.717, 1.165) is 11.4 Å². The Bertz CT molecular complexity index is 1020. The lowest BCUT2D eigenvalue weighted by Crippen LogP contribution is -2.41. The molecular formula is C18H18N4O3. The van der Waals surface area contributed by atoms with Crippen LogP contribution in [0.3, 0.4) is 0 Å². The summed E-state index contributed by atoms with van der Waals surface area (Å²) in [6, 6.07) is 9.28. The van der Waals surface area contributed by atoms with Gasteiger partial charge in [-0.15, -0.1) is 0 Å². The molecule has 7 heteroatoms. The fourth-order valence-electron chi connectivity index (χ4n) is 3.48. The summed E-state index contributed by atoms with van der Waals surface area (Å²) in [4.78, 5) is 26.6. The second-order valence-corrected chi connectivity index (χ2v) is 6.80.